The van der Waals surface area contributed by atoms with Crippen LogP contribution >= 0.6 is 0 Å². The molecule has 1 N–H and O–H groups in total. The summed E-state index contributed by atoms with van der Waals surface area (Å²) in [6, 6.07) is 0. The Bertz CT molecular complexity index is 320. The van der Waals surface area contributed by atoms with Crippen LogP contribution in [0.3, 0.4) is 0 Å². The van der Waals surface area contributed by atoms with E-state index in [-0.39, 0.29) is 0 Å². The summed E-state index contributed by atoms with van der Waals surface area (Å²) in [5.41, 5.74) is 3.00. The highest BCUT2D eigenvalue weighted by Crippen LogP contribution is 2.20. The average molecular weight is 193 g/mol. The zero-order valence-electron chi connectivity index (χ0n) is 9.30. The van der Waals surface area contributed by atoms with E-state index in [9.17, 15) is 0 Å². The average Bonchev–Trinajstić information content (AvgIpc) is 2.47. The van der Waals surface area contributed by atoms with Crippen molar-refractivity contribution in [2.75, 3.05) is 6.54 Å². The van der Waals surface area contributed by atoms with E-state index in [1.165, 1.54) is 11.4 Å². The molecule has 0 radical (unpaired) electrons. The van der Waals surface area contributed by atoms with Crippen molar-refractivity contribution < 1.29 is 0 Å². The van der Waals surface area contributed by atoms with Gasteiger partial charge in [-0.25, -0.2) is 4.98 Å². The second kappa shape index (κ2) is 3.39. The van der Waals surface area contributed by atoms with Gasteiger partial charge in [-0.2, -0.15) is 0 Å². The molecule has 1 aromatic heterocycles. The van der Waals surface area contributed by atoms with E-state index >= 15 is 0 Å². The van der Waals surface area contributed by atoms with Gasteiger partial charge >= 0.3 is 0 Å². The summed E-state index contributed by atoms with van der Waals surface area (Å²) in [4.78, 5) is 4.44. The van der Waals surface area contributed by atoms with Gasteiger partial charge in [0.2, 0.25) is 0 Å². The Morgan fingerprint density at radius 1 is 1.50 bits per heavy atom. The highest BCUT2D eigenvalue weighted by molar-refractivity contribution is 5.16. The third kappa shape index (κ3) is 1.98. The summed E-state index contributed by atoms with van der Waals surface area (Å²) in [7, 11) is 0. The largest absolute Gasteiger partial charge is 0.334 e. The molecule has 2 heterocycles. The maximum atomic E-state index is 4.44. The van der Waals surface area contributed by atoms with Crippen molar-refractivity contribution in [2.45, 2.75) is 40.3 Å². The minimum Gasteiger partial charge on any atom is -0.334 e. The molecule has 0 bridgehead atoms. The first-order valence-corrected chi connectivity index (χ1v) is 5.30. The van der Waals surface area contributed by atoms with Crippen LogP contribution in [0.25, 0.3) is 0 Å². The first-order chi connectivity index (χ1) is 6.56. The Morgan fingerprint density at radius 3 is 3.00 bits per heavy atom. The van der Waals surface area contributed by atoms with Gasteiger partial charge in [-0.1, -0.05) is 20.8 Å². The maximum Gasteiger partial charge on any atom is 0.0952 e. The lowest BCUT2D eigenvalue weighted by molar-refractivity contribution is 0.337. The summed E-state index contributed by atoms with van der Waals surface area (Å²) in [5, 5.41) is 3.34. The van der Waals surface area contributed by atoms with Gasteiger partial charge in [-0.15, -0.1) is 0 Å². The summed E-state index contributed by atoms with van der Waals surface area (Å²) in [6.07, 6.45) is 3.11. The normalized spacial score (nSPS) is 16.8. The number of fused-ring (bicyclic) bond motifs is 1. The number of hydrogen-bond acceptors (Lipinski definition) is 2. The lowest BCUT2D eigenvalue weighted by atomic mass is 9.96. The lowest BCUT2D eigenvalue weighted by Crippen LogP contribution is -2.26. The van der Waals surface area contributed by atoms with E-state index in [1.54, 1.807) is 0 Å². The minimum absolute atomic E-state index is 0.333. The molecule has 0 unspecified atom stereocenters. The summed E-state index contributed by atoms with van der Waals surface area (Å²) < 4.78 is 2.32. The molecule has 0 saturated carbocycles. The molecule has 78 valence electrons. The van der Waals surface area contributed by atoms with E-state index in [0.29, 0.717) is 5.41 Å². The van der Waals surface area contributed by atoms with Crippen LogP contribution in [0.2, 0.25) is 0 Å². The Balaban J connectivity index is 2.22. The molecule has 0 aliphatic carbocycles. The van der Waals surface area contributed by atoms with Crippen LogP contribution in [0, 0.1) is 5.41 Å². The van der Waals surface area contributed by atoms with E-state index in [0.717, 1.165) is 26.1 Å². The maximum absolute atomic E-state index is 4.44. The van der Waals surface area contributed by atoms with E-state index in [2.05, 4.69) is 35.6 Å². The Labute approximate surface area is 85.5 Å². The minimum atomic E-state index is 0.333. The molecule has 2 rings (SSSR count). The topological polar surface area (TPSA) is 29.9 Å². The molecule has 0 aromatic carbocycles. The Hall–Kier alpha value is -0.830. The van der Waals surface area contributed by atoms with E-state index < -0.39 is 0 Å². The van der Waals surface area contributed by atoms with Crippen molar-refractivity contribution >= 4 is 0 Å². The number of aromatic nitrogens is 2. The molecule has 0 saturated heterocycles. The molecule has 1 aliphatic rings. The number of nitrogens with one attached hydrogen (secondary N) is 1. The summed E-state index contributed by atoms with van der Waals surface area (Å²) in [5.74, 6) is 0. The number of imidazole rings is 1. The van der Waals surface area contributed by atoms with Gasteiger partial charge in [0.15, 0.2) is 0 Å². The molecular weight excluding hydrogens is 174 g/mol. The van der Waals surface area contributed by atoms with Crippen LogP contribution in [0.4, 0.5) is 0 Å². The third-order valence-corrected chi connectivity index (χ3v) is 2.51. The Kier molecular flexibility index (Phi) is 2.35. The predicted molar refractivity (Wildman–Crippen MR) is 57.1 cm³/mol. The zero-order chi connectivity index (χ0) is 10.2. The molecule has 1 aliphatic heterocycles. The predicted octanol–water partition coefficient (Wildman–Crippen LogP) is 1.57. The smallest absolute Gasteiger partial charge is 0.0952 e. The third-order valence-electron chi connectivity index (χ3n) is 2.51. The van der Waals surface area contributed by atoms with Gasteiger partial charge in [-0.05, 0) is 5.41 Å². The number of hydrogen-bond donors (Lipinski definition) is 1. The second-order valence-electron chi connectivity index (χ2n) is 5.25. The van der Waals surface area contributed by atoms with Gasteiger partial charge in [0.25, 0.3) is 0 Å². The van der Waals surface area contributed by atoms with Gasteiger partial charge in [0, 0.05) is 31.7 Å². The highest BCUT2D eigenvalue weighted by Gasteiger charge is 2.18. The number of nitrogens with zero attached hydrogens (tertiary/aromatic N) is 2. The van der Waals surface area contributed by atoms with Crippen molar-refractivity contribution in [3.63, 3.8) is 0 Å². The van der Waals surface area contributed by atoms with E-state index in [4.69, 9.17) is 0 Å². The van der Waals surface area contributed by atoms with Crippen LogP contribution in [0.15, 0.2) is 6.33 Å². The Morgan fingerprint density at radius 2 is 2.29 bits per heavy atom. The van der Waals surface area contributed by atoms with Crippen LogP contribution in [0.5, 0.6) is 0 Å². The van der Waals surface area contributed by atoms with E-state index in [1.807, 2.05) is 6.33 Å². The SMILES string of the molecule is CC(C)(C)Cn1cnc2c1CCNC2. The first kappa shape index (κ1) is 9.71. The van der Waals surface area contributed by atoms with Gasteiger partial charge in [-0.3, -0.25) is 0 Å². The molecule has 1 aromatic rings. The zero-order valence-corrected chi connectivity index (χ0v) is 9.30. The molecule has 0 amide bonds. The second-order valence-corrected chi connectivity index (χ2v) is 5.25. The van der Waals surface area contributed by atoms with Gasteiger partial charge in [0.1, 0.15) is 0 Å². The fraction of sp³-hybridized carbons (Fsp3) is 0.727. The molecule has 0 spiro atoms. The molecule has 0 atom stereocenters. The summed E-state index contributed by atoms with van der Waals surface area (Å²) >= 11 is 0. The van der Waals surface area contributed by atoms with Crippen molar-refractivity contribution in [2.24, 2.45) is 5.41 Å². The van der Waals surface area contributed by atoms with Gasteiger partial charge in [0.05, 0.1) is 12.0 Å². The quantitative estimate of drug-likeness (QED) is 0.734. The van der Waals surface area contributed by atoms with Crippen LogP contribution < -0.4 is 5.32 Å². The van der Waals surface area contributed by atoms with Crippen LogP contribution in [-0.2, 0) is 19.5 Å². The highest BCUT2D eigenvalue weighted by atomic mass is 15.1. The van der Waals surface area contributed by atoms with Gasteiger partial charge < -0.3 is 9.88 Å². The molecule has 14 heavy (non-hydrogen) atoms. The first-order valence-electron chi connectivity index (χ1n) is 5.30. The lowest BCUT2D eigenvalue weighted by Gasteiger charge is -2.22. The molecule has 3 heteroatoms. The fourth-order valence-electron chi connectivity index (χ4n) is 1.95. The monoisotopic (exact) mass is 193 g/mol. The van der Waals surface area contributed by atoms with Crippen LogP contribution in [-0.4, -0.2) is 16.1 Å². The molecule has 3 nitrogen and oxygen atoms in total. The standard InChI is InChI=1S/C11H19N3/c1-11(2,3)7-14-8-13-9-6-12-5-4-10(9)14/h8,12H,4-7H2,1-3H3. The molecular formula is C11H19N3. The van der Waals surface area contributed by atoms with Crippen molar-refractivity contribution in [1.82, 2.24) is 14.9 Å². The fourth-order valence-corrected chi connectivity index (χ4v) is 1.95. The van der Waals surface area contributed by atoms with Crippen molar-refractivity contribution in [3.05, 3.63) is 17.7 Å². The summed E-state index contributed by atoms with van der Waals surface area (Å²) in [6.45, 7) is 9.88. The van der Waals surface area contributed by atoms with Crippen molar-refractivity contribution in [3.8, 4) is 0 Å². The number of rotatable bonds is 1. The van der Waals surface area contributed by atoms with Crippen molar-refractivity contribution in [1.29, 1.82) is 0 Å². The van der Waals surface area contributed by atoms with Crippen LogP contribution in [0.1, 0.15) is 32.2 Å². The molecule has 0 fully saturated rings.